The molecule has 2 aromatic rings. The Morgan fingerprint density at radius 3 is 1.91 bits per heavy atom. The van der Waals surface area contributed by atoms with Crippen molar-refractivity contribution in [2.45, 2.75) is 233 Å². The molecule has 2 fully saturated rings. The second kappa shape index (κ2) is 44.4. The van der Waals surface area contributed by atoms with Gasteiger partial charge in [-0.15, -0.1) is 0 Å². The predicted molar refractivity (Wildman–Crippen MR) is 404 cm³/mol. The summed E-state index contributed by atoms with van der Waals surface area (Å²) < 4.78 is 23.7. The molecular formula is C82H125N7O18. The second-order valence-electron chi connectivity index (χ2n) is 31.2. The van der Waals surface area contributed by atoms with E-state index in [0.717, 1.165) is 22.4 Å². The maximum Gasteiger partial charge on any atom is 0.312 e. The number of likely N-dealkylation sites (N-methyl/N-ethyl adjacent to an activating group) is 1. The summed E-state index contributed by atoms with van der Waals surface area (Å²) in [6, 6.07) is 14.1. The molecule has 0 radical (unpaired) electrons. The number of Topliss-reactive ketones (excluding diaryl/α,β-unsaturated/α-hetero) is 6. The summed E-state index contributed by atoms with van der Waals surface area (Å²) in [5.74, 6) is -8.74. The lowest BCUT2D eigenvalue weighted by atomic mass is 9.70. The van der Waals surface area contributed by atoms with Crippen LogP contribution >= 0.6 is 0 Å². The van der Waals surface area contributed by atoms with Gasteiger partial charge in [-0.05, 0) is 112 Å². The number of imide groups is 1. The minimum Gasteiger partial charge on any atom is -0.390 e. The summed E-state index contributed by atoms with van der Waals surface area (Å²) in [4.78, 5) is 168. The lowest BCUT2D eigenvalue weighted by molar-refractivity contribution is -0.267. The third-order valence-electron chi connectivity index (χ3n) is 22.3. The van der Waals surface area contributed by atoms with Crippen LogP contribution in [-0.4, -0.2) is 212 Å². The Kier molecular flexibility index (Phi) is 37.5. The maximum atomic E-state index is 14.7. The molecule has 0 aliphatic carbocycles. The highest BCUT2D eigenvalue weighted by Gasteiger charge is 2.50. The quantitative estimate of drug-likeness (QED) is 0.0279. The minimum atomic E-state index is -1.78. The van der Waals surface area contributed by atoms with E-state index in [4.69, 9.17) is 24.7 Å². The molecule has 3 aliphatic rings. The average molecular weight is 1500 g/mol. The zero-order chi connectivity index (χ0) is 79.5. The second-order valence-corrected chi connectivity index (χ2v) is 31.2. The van der Waals surface area contributed by atoms with Crippen LogP contribution in [0.3, 0.4) is 0 Å². The van der Waals surface area contributed by atoms with Crippen molar-refractivity contribution in [2.75, 3.05) is 61.6 Å². The molecule has 0 saturated carbocycles. The molecule has 2 aromatic carbocycles. The van der Waals surface area contributed by atoms with E-state index >= 15 is 0 Å². The van der Waals surface area contributed by atoms with E-state index in [1.165, 1.54) is 26.4 Å². The average Bonchev–Trinajstić information content (AvgIpc) is 1.54. The molecule has 3 aliphatic heterocycles. The first-order valence-corrected chi connectivity index (χ1v) is 38.7. The van der Waals surface area contributed by atoms with E-state index in [1.807, 2.05) is 96.1 Å². The van der Waals surface area contributed by atoms with Crippen molar-refractivity contribution >= 4 is 70.3 Å². The van der Waals surface area contributed by atoms with Crippen LogP contribution in [0.25, 0.3) is 0 Å². The van der Waals surface area contributed by atoms with E-state index in [-0.39, 0.29) is 160 Å². The molecule has 7 amide bonds. The molecule has 7 N–H and O–H groups in total. The number of ether oxygens (including phenoxy) is 4. The van der Waals surface area contributed by atoms with Gasteiger partial charge in [0, 0.05) is 134 Å². The van der Waals surface area contributed by atoms with Crippen molar-refractivity contribution in [2.24, 2.45) is 70.8 Å². The molecule has 17 atom stereocenters. The number of urea groups is 1. The number of benzene rings is 2. The number of likely N-dealkylation sites (tertiary alicyclic amines) is 1. The Hall–Kier alpha value is -7.26. The number of carbonyl (C=O) groups is 12. The number of amides is 7. The lowest BCUT2D eigenvalue weighted by Crippen LogP contribution is -2.58. The number of carbonyl (C=O) groups excluding carboxylic acids is 12. The van der Waals surface area contributed by atoms with E-state index in [2.05, 4.69) is 29.8 Å². The molecule has 0 bridgehead atoms. The van der Waals surface area contributed by atoms with Crippen molar-refractivity contribution in [3.8, 4) is 0 Å². The van der Waals surface area contributed by atoms with Gasteiger partial charge in [-0.2, -0.15) is 0 Å². The summed E-state index contributed by atoms with van der Waals surface area (Å²) in [6.07, 6.45) is -1.30. The van der Waals surface area contributed by atoms with Gasteiger partial charge < -0.3 is 55.7 Å². The highest BCUT2D eigenvalue weighted by Crippen LogP contribution is 2.38. The zero-order valence-electron chi connectivity index (χ0n) is 66.1. The number of unbranched alkanes of at least 4 members (excludes halogenated alkanes) is 2. The third-order valence-corrected chi connectivity index (χ3v) is 22.3. The molecule has 0 aromatic heterocycles. The molecule has 596 valence electrons. The van der Waals surface area contributed by atoms with Crippen molar-refractivity contribution in [1.29, 1.82) is 0 Å². The zero-order valence-corrected chi connectivity index (χ0v) is 66.1. The Labute approximate surface area is 634 Å². The minimum absolute atomic E-state index is 0.000761. The molecule has 0 spiro atoms. The number of nitrogens with one attached hydrogen (secondary N) is 3. The van der Waals surface area contributed by atoms with Crippen LogP contribution in [0.5, 0.6) is 0 Å². The van der Waals surface area contributed by atoms with Gasteiger partial charge in [0.05, 0.1) is 42.9 Å². The van der Waals surface area contributed by atoms with Gasteiger partial charge >= 0.3 is 6.03 Å². The number of methoxy groups -OCH3 is 3. The Balaban J connectivity index is 1.20. The molecule has 25 heteroatoms. The van der Waals surface area contributed by atoms with Crippen molar-refractivity contribution in [3.05, 3.63) is 83.4 Å². The summed E-state index contributed by atoms with van der Waals surface area (Å²) in [5.41, 5.74) is 7.64. The normalized spacial score (nSPS) is 21.3. The van der Waals surface area contributed by atoms with Crippen LogP contribution in [0, 0.1) is 65.1 Å². The Bertz CT molecular complexity index is 3280. The highest BCUT2D eigenvalue weighted by molar-refractivity contribution is 6.12. The van der Waals surface area contributed by atoms with Gasteiger partial charge in [0.25, 0.3) is 11.8 Å². The van der Waals surface area contributed by atoms with Crippen molar-refractivity contribution in [1.82, 2.24) is 30.7 Å². The number of aliphatic hydroxyl groups is 2. The summed E-state index contributed by atoms with van der Waals surface area (Å²) in [5, 5.41) is 31.0. The first-order chi connectivity index (χ1) is 50.7. The number of aliphatic hydroxyl groups excluding tert-OH is 2. The fourth-order valence-corrected chi connectivity index (χ4v) is 15.9. The predicted octanol–water partition coefficient (Wildman–Crippen LogP) is 7.33. The number of nitrogens with two attached hydrogens (primary N) is 1. The third kappa shape index (κ3) is 26.5. The molecule has 5 rings (SSSR count). The largest absolute Gasteiger partial charge is 0.390 e. The standard InChI is InChI=1S/C82H125N7O18/c1-16-51(8)72(53(10)74(98)59(48(2)3)45-66(93)73(50(6)7)87(11)12)68(104-13)47-71(97)88-40-24-29-63(88)77(105-14)52(9)64(91)43-57(41-55-25-19-17-20-26-55)79(101)84-38-36-54-30-32-56(33-31-54)42-65(92)62(28-23-37-85-82(83)103)86-80(102)60(49(4)5)46-67(94)78-76(100)75(99)61(81(106-15)107-78)44-58(90)27-21-18-22-39-89-69(95)34-35-70(89)96/h17,19-20,25-26,30-35,48-53,57,59-63,68,72-73,75-78,81,99-100H,16,18,21-24,27-29,36-47H2,1-15H3,(H,84,101)(H,86,102)(H3,83,85,103)/t51?,52?,53-,57-,59+,60-,61?,62-,63?,68-,72?,73+,75-,76+,77?,78-,81?/m1/s1. The number of hydrogen-bond acceptors (Lipinski definition) is 19. The SMILES string of the molecule is CCC(C)C([C@@H](CC(=O)N1CCCC1C(OC)C(C)C(=O)C[C@@H](Cc1ccccc1)C(=O)NCCc1ccc(CC(=O)[C@@H](CCCNC(N)=O)NC(=O)[C@H](CC(=O)[C@H]2OC(OC)C(CC(=O)CCCCCN3C(=O)C=CC3=O)[C@@H](O)[C@@H]2O)C(C)C)cc1)OC)[C@@H](C)C(=O)[C@@H](CC(=O)[C@H](C(C)C)N(C)C)C(C)C. The molecular weight excluding hydrogens is 1370 g/mol. The number of rotatable bonds is 49. The summed E-state index contributed by atoms with van der Waals surface area (Å²) in [6.45, 7) is 20.3. The molecule has 3 heterocycles. The van der Waals surface area contributed by atoms with E-state index in [9.17, 15) is 67.7 Å². The molecule has 25 nitrogen and oxygen atoms in total. The van der Waals surface area contributed by atoms with Crippen LogP contribution in [0.2, 0.25) is 0 Å². The smallest absolute Gasteiger partial charge is 0.312 e. The van der Waals surface area contributed by atoms with Gasteiger partial charge in [0.2, 0.25) is 17.7 Å². The number of primary amides is 1. The van der Waals surface area contributed by atoms with Gasteiger partial charge in [0.1, 0.15) is 29.6 Å². The van der Waals surface area contributed by atoms with E-state index in [1.54, 1.807) is 44.9 Å². The molecule has 7 unspecified atom stereocenters. The fraction of sp³-hybridized carbons (Fsp3) is 0.683. The van der Waals surface area contributed by atoms with Gasteiger partial charge in [0.15, 0.2) is 23.6 Å². The Morgan fingerprint density at radius 1 is 0.682 bits per heavy atom. The lowest BCUT2D eigenvalue weighted by Gasteiger charge is -2.41. The summed E-state index contributed by atoms with van der Waals surface area (Å²) >= 11 is 0. The molecule has 2 saturated heterocycles. The topological polar surface area (TPSA) is 354 Å². The van der Waals surface area contributed by atoms with Gasteiger partial charge in [-0.25, -0.2) is 4.79 Å². The Morgan fingerprint density at radius 2 is 1.33 bits per heavy atom. The molecule has 107 heavy (non-hydrogen) atoms. The van der Waals surface area contributed by atoms with Crippen LogP contribution < -0.4 is 21.7 Å². The highest BCUT2D eigenvalue weighted by atomic mass is 16.7. The van der Waals surface area contributed by atoms with Crippen LogP contribution in [-0.2, 0) is 90.9 Å². The van der Waals surface area contributed by atoms with Crippen LogP contribution in [0.15, 0.2) is 66.7 Å². The van der Waals surface area contributed by atoms with Gasteiger partial charge in [-0.1, -0.05) is 137 Å². The van der Waals surface area contributed by atoms with Crippen LogP contribution in [0.4, 0.5) is 4.79 Å². The van der Waals surface area contributed by atoms with Crippen LogP contribution in [0.1, 0.15) is 176 Å². The first-order valence-electron chi connectivity index (χ1n) is 38.7. The van der Waals surface area contributed by atoms with E-state index < -0.39 is 114 Å². The summed E-state index contributed by atoms with van der Waals surface area (Å²) in [7, 11) is 8.16. The monoisotopic (exact) mass is 1500 g/mol. The fourth-order valence-electron chi connectivity index (χ4n) is 15.9. The number of hydrogen-bond donors (Lipinski definition) is 6. The van der Waals surface area contributed by atoms with E-state index in [0.29, 0.717) is 50.6 Å². The number of ketones is 6. The van der Waals surface area contributed by atoms with Gasteiger partial charge in [-0.3, -0.25) is 62.5 Å². The first kappa shape index (κ1) is 90.4. The maximum absolute atomic E-state index is 14.7. The van der Waals surface area contributed by atoms with Crippen molar-refractivity contribution < 1.29 is 86.7 Å². The van der Waals surface area contributed by atoms with Crippen molar-refractivity contribution in [3.63, 3.8) is 0 Å². The number of nitrogens with zero attached hydrogens (tertiary/aromatic N) is 3.